The molecule has 0 saturated heterocycles. The van der Waals surface area contributed by atoms with Gasteiger partial charge in [-0.2, -0.15) is 9.61 Å². The monoisotopic (exact) mass is 325 g/mol. The van der Waals surface area contributed by atoms with Crippen molar-refractivity contribution in [1.29, 1.82) is 0 Å². The zero-order valence-electron chi connectivity index (χ0n) is 12.7. The normalized spacial score (nSPS) is 11.0. The Bertz CT molecular complexity index is 817. The number of fused-ring (bicyclic) bond motifs is 1. The van der Waals surface area contributed by atoms with Crippen LogP contribution in [0.5, 0.6) is 0 Å². The van der Waals surface area contributed by atoms with Crippen molar-refractivity contribution in [3.8, 4) is 11.3 Å². The van der Waals surface area contributed by atoms with E-state index in [9.17, 15) is 0 Å². The Labute approximate surface area is 141 Å². The number of nitrogens with one attached hydrogen (secondary N) is 1. The molecule has 0 bridgehead atoms. The molecule has 0 unspecified atom stereocenters. The van der Waals surface area contributed by atoms with Gasteiger partial charge in [0.15, 0.2) is 5.65 Å². The number of aromatic nitrogens is 3. The molecule has 2 aromatic heterocycles. The molecule has 3 rings (SSSR count). The molecule has 0 aliphatic carbocycles. The Morgan fingerprint density at radius 3 is 2.87 bits per heavy atom. The second kappa shape index (κ2) is 7.02. The Morgan fingerprint density at radius 2 is 2.09 bits per heavy atom. The van der Waals surface area contributed by atoms with Crippen LogP contribution in [0.2, 0.25) is 5.02 Å². The fourth-order valence-electron chi connectivity index (χ4n) is 2.40. The van der Waals surface area contributed by atoms with Crippen molar-refractivity contribution in [3.63, 3.8) is 0 Å². The van der Waals surface area contributed by atoms with E-state index in [1.807, 2.05) is 30.3 Å². The number of nitrogens with two attached hydrogens (primary N) is 1. The Kier molecular flexibility index (Phi) is 4.83. The molecular weight excluding hydrogens is 308 g/mol. The van der Waals surface area contributed by atoms with Gasteiger partial charge < -0.3 is 11.1 Å². The molecule has 1 aromatic carbocycles. The molecule has 0 amide bonds. The minimum absolute atomic E-state index is 0.531. The van der Waals surface area contributed by atoms with Crippen LogP contribution in [0.3, 0.4) is 0 Å². The smallest absolute Gasteiger partial charge is 0.150 e. The van der Waals surface area contributed by atoms with Crippen LogP contribution < -0.4 is 16.5 Å². The van der Waals surface area contributed by atoms with Crippen molar-refractivity contribution >= 4 is 36.4 Å². The van der Waals surface area contributed by atoms with Gasteiger partial charge in [-0.1, -0.05) is 29.8 Å². The third-order valence-corrected chi connectivity index (χ3v) is 3.92. The molecule has 2 heterocycles. The summed E-state index contributed by atoms with van der Waals surface area (Å²) in [4.78, 5) is 4.60. The quantitative estimate of drug-likeness (QED) is 0.537. The predicted octanol–water partition coefficient (Wildman–Crippen LogP) is 1.99. The summed E-state index contributed by atoms with van der Waals surface area (Å²) in [6.45, 7) is 1.49. The molecule has 2 radical (unpaired) electrons. The highest BCUT2D eigenvalue weighted by molar-refractivity contribution is 6.36. The van der Waals surface area contributed by atoms with E-state index in [-0.39, 0.29) is 0 Å². The highest BCUT2D eigenvalue weighted by Gasteiger charge is 2.12. The molecule has 3 aromatic rings. The minimum Gasteiger partial charge on any atom is -0.370 e. The number of hydrogen-bond acceptors (Lipinski definition) is 4. The van der Waals surface area contributed by atoms with Gasteiger partial charge in [0, 0.05) is 29.4 Å². The van der Waals surface area contributed by atoms with E-state index < -0.39 is 0 Å². The second-order valence-electron chi connectivity index (χ2n) is 5.26. The summed E-state index contributed by atoms with van der Waals surface area (Å²) in [7, 11) is 5.98. The average molecular weight is 326 g/mol. The molecule has 116 valence electrons. The summed E-state index contributed by atoms with van der Waals surface area (Å²) in [5.41, 5.74) is 8.30. The van der Waals surface area contributed by atoms with Gasteiger partial charge in [0.25, 0.3) is 0 Å². The molecule has 7 heteroatoms. The van der Waals surface area contributed by atoms with Gasteiger partial charge in [0.05, 0.1) is 5.69 Å². The van der Waals surface area contributed by atoms with E-state index in [1.165, 1.54) is 0 Å². The van der Waals surface area contributed by atoms with Gasteiger partial charge in [-0.15, -0.1) is 0 Å². The maximum absolute atomic E-state index is 6.29. The maximum Gasteiger partial charge on any atom is 0.150 e. The van der Waals surface area contributed by atoms with E-state index in [2.05, 4.69) is 15.4 Å². The van der Waals surface area contributed by atoms with Crippen LogP contribution in [0.15, 0.2) is 36.5 Å². The summed E-state index contributed by atoms with van der Waals surface area (Å²) in [5.74, 6) is 0.832. The first-order chi connectivity index (χ1) is 11.2. The lowest BCUT2D eigenvalue weighted by molar-refractivity contribution is 0.768. The fraction of sp³-hybridized carbons (Fsp3) is 0.250. The second-order valence-corrected chi connectivity index (χ2v) is 5.67. The first-order valence-corrected chi connectivity index (χ1v) is 7.91. The van der Waals surface area contributed by atoms with Crippen molar-refractivity contribution in [2.45, 2.75) is 12.8 Å². The van der Waals surface area contributed by atoms with Gasteiger partial charge in [0.1, 0.15) is 13.7 Å². The van der Waals surface area contributed by atoms with E-state index in [4.69, 9.17) is 25.2 Å². The molecule has 0 saturated carbocycles. The topological polar surface area (TPSA) is 68.2 Å². The van der Waals surface area contributed by atoms with Crippen LogP contribution in [-0.2, 0) is 0 Å². The van der Waals surface area contributed by atoms with Crippen LogP contribution in [-0.4, -0.2) is 35.5 Å². The summed E-state index contributed by atoms with van der Waals surface area (Å²) >= 11 is 6.29. The largest absolute Gasteiger partial charge is 0.370 e. The highest BCUT2D eigenvalue weighted by Crippen LogP contribution is 2.28. The number of benzene rings is 1. The molecular formula is C16H17BClN5. The van der Waals surface area contributed by atoms with Gasteiger partial charge in [-0.25, -0.2) is 4.98 Å². The third-order valence-electron chi connectivity index (χ3n) is 3.59. The standard InChI is InChI=1S/C16H17BClN5/c17-12-10-21-23-15(20-8-4-3-7-19)9-14(22-16(12)23)11-5-1-2-6-13(11)18/h1-2,5-6,9-10,20H,3-4,7-8,19H2. The Balaban J connectivity index is 2.02. The molecule has 0 aliphatic heterocycles. The molecule has 23 heavy (non-hydrogen) atoms. The fourth-order valence-corrected chi connectivity index (χ4v) is 2.63. The van der Waals surface area contributed by atoms with E-state index in [0.29, 0.717) is 22.7 Å². The Hall–Kier alpha value is -2.05. The van der Waals surface area contributed by atoms with Crippen LogP contribution >= 0.6 is 11.6 Å². The number of halogens is 1. The molecule has 0 aliphatic rings. The van der Waals surface area contributed by atoms with Crippen LogP contribution in [0.4, 0.5) is 5.82 Å². The van der Waals surface area contributed by atoms with Gasteiger partial charge >= 0.3 is 0 Å². The number of anilines is 1. The van der Waals surface area contributed by atoms with E-state index in [1.54, 1.807) is 10.7 Å². The number of unbranched alkanes of at least 4 members (excludes halogenated alkanes) is 1. The molecule has 3 N–H and O–H groups in total. The summed E-state index contributed by atoms with van der Waals surface area (Å²) < 4.78 is 1.71. The Morgan fingerprint density at radius 1 is 1.26 bits per heavy atom. The molecule has 0 fully saturated rings. The van der Waals surface area contributed by atoms with Crippen LogP contribution in [0.25, 0.3) is 16.9 Å². The zero-order chi connectivity index (χ0) is 16.2. The summed E-state index contributed by atoms with van der Waals surface area (Å²) in [5, 5.41) is 8.30. The highest BCUT2D eigenvalue weighted by atomic mass is 35.5. The lowest BCUT2D eigenvalue weighted by Crippen LogP contribution is -2.11. The number of rotatable bonds is 6. The maximum atomic E-state index is 6.29. The van der Waals surface area contributed by atoms with Gasteiger partial charge in [-0.3, -0.25) is 0 Å². The van der Waals surface area contributed by atoms with Crippen LogP contribution in [0.1, 0.15) is 12.8 Å². The zero-order valence-corrected chi connectivity index (χ0v) is 13.4. The lowest BCUT2D eigenvalue weighted by atomic mass is 10.0. The molecule has 5 nitrogen and oxygen atoms in total. The third kappa shape index (κ3) is 3.33. The first-order valence-electron chi connectivity index (χ1n) is 7.54. The van der Waals surface area contributed by atoms with Crippen molar-refractivity contribution in [3.05, 3.63) is 41.6 Å². The van der Waals surface area contributed by atoms with Crippen molar-refractivity contribution < 1.29 is 0 Å². The van der Waals surface area contributed by atoms with Gasteiger partial charge in [-0.05, 0) is 30.9 Å². The summed E-state index contributed by atoms with van der Waals surface area (Å²) in [6.07, 6.45) is 3.56. The predicted molar refractivity (Wildman–Crippen MR) is 95.6 cm³/mol. The van der Waals surface area contributed by atoms with Crippen molar-refractivity contribution in [1.82, 2.24) is 14.6 Å². The average Bonchev–Trinajstić information content (AvgIpc) is 2.93. The minimum atomic E-state index is 0.531. The van der Waals surface area contributed by atoms with E-state index in [0.717, 1.165) is 36.5 Å². The molecule has 0 spiro atoms. The SMILES string of the molecule is [B]c1cnn2c(NCCCCN)cc(-c3ccccc3Cl)nc12. The molecule has 0 atom stereocenters. The van der Waals surface area contributed by atoms with Crippen molar-refractivity contribution in [2.75, 3.05) is 18.4 Å². The first kappa shape index (κ1) is 15.8. The van der Waals surface area contributed by atoms with E-state index >= 15 is 0 Å². The number of nitrogens with zero attached hydrogens (tertiary/aromatic N) is 3. The van der Waals surface area contributed by atoms with Gasteiger partial charge in [0.2, 0.25) is 0 Å². The number of hydrogen-bond donors (Lipinski definition) is 2. The van der Waals surface area contributed by atoms with Crippen molar-refractivity contribution in [2.24, 2.45) is 5.73 Å². The lowest BCUT2D eigenvalue weighted by Gasteiger charge is -2.11. The summed E-state index contributed by atoms with van der Waals surface area (Å²) in [6, 6.07) is 9.54. The van der Waals surface area contributed by atoms with Crippen LogP contribution in [0, 0.1) is 0 Å².